The van der Waals surface area contributed by atoms with Gasteiger partial charge in [0.25, 0.3) is 0 Å². The quantitative estimate of drug-likeness (QED) is 0.405. The van der Waals surface area contributed by atoms with E-state index in [1.807, 2.05) is 0 Å². The first kappa shape index (κ1) is 22.5. The number of hydrogen-bond acceptors (Lipinski definition) is 3. The zero-order valence-electron chi connectivity index (χ0n) is 13.3. The predicted molar refractivity (Wildman–Crippen MR) is 89.7 cm³/mol. The zero-order valence-corrected chi connectivity index (χ0v) is 14.1. The summed E-state index contributed by atoms with van der Waals surface area (Å²) >= 11 is 0. The first-order valence-electron chi connectivity index (χ1n) is 8.30. The second-order valence-corrected chi connectivity index (χ2v) is 5.53. The number of aliphatic hydroxyl groups is 2. The van der Waals surface area contributed by atoms with Crippen LogP contribution < -0.4 is 5.32 Å². The molecule has 20 heavy (non-hydrogen) atoms. The molecule has 1 atom stereocenters. The van der Waals surface area contributed by atoms with Crippen LogP contribution in [0, 0.1) is 0 Å². The van der Waals surface area contributed by atoms with E-state index in [-0.39, 0.29) is 31.7 Å². The SMILES string of the molecule is CCCCCCCCCCCCC(CO)NCCO.Cl. The minimum absolute atomic E-state index is 0. The van der Waals surface area contributed by atoms with Gasteiger partial charge in [-0.1, -0.05) is 71.1 Å². The van der Waals surface area contributed by atoms with Gasteiger partial charge in [-0.25, -0.2) is 0 Å². The average Bonchev–Trinajstić information content (AvgIpc) is 2.44. The summed E-state index contributed by atoms with van der Waals surface area (Å²) in [7, 11) is 0. The fraction of sp³-hybridized carbons (Fsp3) is 1.00. The molecule has 0 radical (unpaired) electrons. The maximum absolute atomic E-state index is 9.15. The lowest BCUT2D eigenvalue weighted by molar-refractivity contribution is 0.217. The van der Waals surface area contributed by atoms with Crippen molar-refractivity contribution < 1.29 is 10.2 Å². The minimum Gasteiger partial charge on any atom is -0.395 e. The molecule has 0 spiro atoms. The van der Waals surface area contributed by atoms with Crippen LogP contribution in [0.4, 0.5) is 0 Å². The van der Waals surface area contributed by atoms with E-state index >= 15 is 0 Å². The first-order valence-corrected chi connectivity index (χ1v) is 8.30. The van der Waals surface area contributed by atoms with Crippen LogP contribution >= 0.6 is 12.4 Å². The molecule has 0 bridgehead atoms. The van der Waals surface area contributed by atoms with Crippen molar-refractivity contribution in [3.63, 3.8) is 0 Å². The van der Waals surface area contributed by atoms with E-state index in [1.165, 1.54) is 64.2 Å². The lowest BCUT2D eigenvalue weighted by Gasteiger charge is -2.15. The molecule has 0 heterocycles. The third-order valence-electron chi connectivity index (χ3n) is 3.67. The Kier molecular flexibility index (Phi) is 21.5. The highest BCUT2D eigenvalue weighted by molar-refractivity contribution is 5.85. The molecule has 0 aromatic carbocycles. The van der Waals surface area contributed by atoms with Gasteiger partial charge >= 0.3 is 0 Å². The Morgan fingerprint density at radius 1 is 0.800 bits per heavy atom. The molecule has 3 N–H and O–H groups in total. The van der Waals surface area contributed by atoms with Crippen molar-refractivity contribution in [2.75, 3.05) is 19.8 Å². The Morgan fingerprint density at radius 2 is 1.30 bits per heavy atom. The average molecular weight is 310 g/mol. The van der Waals surface area contributed by atoms with Gasteiger partial charge in [0.05, 0.1) is 13.2 Å². The highest BCUT2D eigenvalue weighted by atomic mass is 35.5. The van der Waals surface area contributed by atoms with E-state index in [0.29, 0.717) is 6.54 Å². The van der Waals surface area contributed by atoms with Gasteiger partial charge in [0.1, 0.15) is 0 Å². The number of nitrogens with one attached hydrogen (secondary N) is 1. The standard InChI is InChI=1S/C16H35NO2.ClH/c1-2-3-4-5-6-7-8-9-10-11-12-16(15-19)17-13-14-18;/h16-19H,2-15H2,1H3;1H. The van der Waals surface area contributed by atoms with Gasteiger partial charge < -0.3 is 15.5 Å². The number of hydrogen-bond donors (Lipinski definition) is 3. The zero-order chi connectivity index (χ0) is 14.2. The Morgan fingerprint density at radius 3 is 1.75 bits per heavy atom. The molecule has 0 aromatic heterocycles. The molecule has 0 fully saturated rings. The van der Waals surface area contributed by atoms with Gasteiger partial charge in [0, 0.05) is 12.6 Å². The summed E-state index contributed by atoms with van der Waals surface area (Å²) in [4.78, 5) is 0. The number of unbranched alkanes of at least 4 members (excludes halogenated alkanes) is 9. The summed E-state index contributed by atoms with van der Waals surface area (Å²) in [5, 5.41) is 21.0. The maximum Gasteiger partial charge on any atom is 0.0584 e. The molecule has 0 rings (SSSR count). The highest BCUT2D eigenvalue weighted by Gasteiger charge is 2.05. The molecular weight excluding hydrogens is 274 g/mol. The molecule has 0 aliphatic rings. The van der Waals surface area contributed by atoms with E-state index in [9.17, 15) is 0 Å². The Hall–Kier alpha value is 0.170. The van der Waals surface area contributed by atoms with Crippen molar-refractivity contribution in [2.45, 2.75) is 83.6 Å². The van der Waals surface area contributed by atoms with Crippen molar-refractivity contribution in [1.29, 1.82) is 0 Å². The summed E-state index contributed by atoms with van der Waals surface area (Å²) in [5.74, 6) is 0. The Bertz CT molecular complexity index is 171. The van der Waals surface area contributed by atoms with E-state index in [1.54, 1.807) is 0 Å². The summed E-state index contributed by atoms with van der Waals surface area (Å²) in [6.45, 7) is 3.17. The van der Waals surface area contributed by atoms with E-state index in [4.69, 9.17) is 10.2 Å². The van der Waals surface area contributed by atoms with Crippen molar-refractivity contribution in [1.82, 2.24) is 5.32 Å². The Labute approximate surface area is 132 Å². The predicted octanol–water partition coefficient (Wildman–Crippen LogP) is 3.66. The third-order valence-corrected chi connectivity index (χ3v) is 3.67. The van der Waals surface area contributed by atoms with Crippen LogP contribution in [-0.2, 0) is 0 Å². The fourth-order valence-electron chi connectivity index (χ4n) is 2.40. The van der Waals surface area contributed by atoms with Crippen LogP contribution in [-0.4, -0.2) is 36.0 Å². The monoisotopic (exact) mass is 309 g/mol. The normalized spacial score (nSPS) is 12.2. The van der Waals surface area contributed by atoms with E-state index in [2.05, 4.69) is 12.2 Å². The summed E-state index contributed by atoms with van der Waals surface area (Å²) in [6, 6.07) is 0.168. The van der Waals surface area contributed by atoms with E-state index in [0.717, 1.165) is 6.42 Å². The molecule has 0 saturated heterocycles. The third kappa shape index (κ3) is 16.2. The van der Waals surface area contributed by atoms with Crippen molar-refractivity contribution in [3.05, 3.63) is 0 Å². The second-order valence-electron chi connectivity index (χ2n) is 5.53. The maximum atomic E-state index is 9.15. The van der Waals surface area contributed by atoms with Crippen molar-refractivity contribution in [3.8, 4) is 0 Å². The van der Waals surface area contributed by atoms with Gasteiger partial charge in [-0.3, -0.25) is 0 Å². The highest BCUT2D eigenvalue weighted by Crippen LogP contribution is 2.11. The van der Waals surface area contributed by atoms with Crippen LogP contribution in [0.3, 0.4) is 0 Å². The minimum atomic E-state index is 0. The van der Waals surface area contributed by atoms with Crippen LogP contribution in [0.1, 0.15) is 77.6 Å². The van der Waals surface area contributed by atoms with Crippen molar-refractivity contribution >= 4 is 12.4 Å². The lowest BCUT2D eigenvalue weighted by Crippen LogP contribution is -2.34. The van der Waals surface area contributed by atoms with E-state index < -0.39 is 0 Å². The molecule has 3 nitrogen and oxygen atoms in total. The summed E-state index contributed by atoms with van der Waals surface area (Å²) in [6.07, 6.45) is 14.5. The van der Waals surface area contributed by atoms with Gasteiger partial charge in [-0.15, -0.1) is 12.4 Å². The lowest BCUT2D eigenvalue weighted by atomic mass is 10.0. The number of rotatable bonds is 15. The van der Waals surface area contributed by atoms with Gasteiger partial charge in [0.15, 0.2) is 0 Å². The smallest absolute Gasteiger partial charge is 0.0584 e. The van der Waals surface area contributed by atoms with Crippen LogP contribution in [0.2, 0.25) is 0 Å². The molecule has 4 heteroatoms. The molecular formula is C16H36ClNO2. The summed E-state index contributed by atoms with van der Waals surface area (Å²) < 4.78 is 0. The fourth-order valence-corrected chi connectivity index (χ4v) is 2.40. The molecule has 124 valence electrons. The van der Waals surface area contributed by atoms with Crippen LogP contribution in [0.25, 0.3) is 0 Å². The second kappa shape index (κ2) is 19.2. The van der Waals surface area contributed by atoms with Gasteiger partial charge in [0.2, 0.25) is 0 Å². The molecule has 0 aromatic rings. The van der Waals surface area contributed by atoms with Crippen LogP contribution in [0.5, 0.6) is 0 Å². The summed E-state index contributed by atoms with van der Waals surface area (Å²) in [5.41, 5.74) is 0. The topological polar surface area (TPSA) is 52.5 Å². The molecule has 1 unspecified atom stereocenters. The number of aliphatic hydroxyl groups excluding tert-OH is 2. The van der Waals surface area contributed by atoms with Gasteiger partial charge in [-0.05, 0) is 6.42 Å². The largest absolute Gasteiger partial charge is 0.395 e. The van der Waals surface area contributed by atoms with Crippen molar-refractivity contribution in [2.24, 2.45) is 0 Å². The first-order chi connectivity index (χ1) is 9.35. The number of halogens is 1. The molecule has 0 amide bonds. The molecule has 0 saturated carbocycles. The Balaban J connectivity index is 0. The van der Waals surface area contributed by atoms with Crippen LogP contribution in [0.15, 0.2) is 0 Å². The van der Waals surface area contributed by atoms with Gasteiger partial charge in [-0.2, -0.15) is 0 Å². The molecule has 0 aliphatic carbocycles. The molecule has 0 aliphatic heterocycles.